The molecule has 67 heavy (non-hydrogen) atoms. The number of aliphatic hydroxyl groups excluding tert-OH is 6. The molecule has 25 nitrogen and oxygen atoms in total. The van der Waals surface area contributed by atoms with Gasteiger partial charge in [0, 0.05) is 19.5 Å². The maximum atomic E-state index is 13.6. The van der Waals surface area contributed by atoms with Gasteiger partial charge in [0.25, 0.3) is 0 Å². The number of nitrogens with two attached hydrogens (primary N) is 1. The van der Waals surface area contributed by atoms with Crippen molar-refractivity contribution in [2.24, 2.45) is 5.73 Å². The van der Waals surface area contributed by atoms with Crippen molar-refractivity contribution >= 4 is 30.3 Å². The first-order chi connectivity index (χ1) is 30.7. The fourth-order valence-corrected chi connectivity index (χ4v) is 7.15. The summed E-state index contributed by atoms with van der Waals surface area (Å²) in [6.07, 6.45) is -22.3. The minimum absolute atomic E-state index is 0.205. The predicted molar refractivity (Wildman–Crippen MR) is 233 cm³/mol. The molecule has 15 atom stereocenters. The van der Waals surface area contributed by atoms with Gasteiger partial charge in [-0.05, 0) is 95.9 Å². The monoisotopic (exact) mass is 969 g/mol. The van der Waals surface area contributed by atoms with Crippen molar-refractivity contribution in [2.75, 3.05) is 19.7 Å². The second kappa shape index (κ2) is 23.6. The van der Waals surface area contributed by atoms with Gasteiger partial charge in [0.1, 0.15) is 71.2 Å². The Morgan fingerprint density at radius 1 is 0.597 bits per heavy atom. The zero-order valence-electron chi connectivity index (χ0n) is 40.5. The van der Waals surface area contributed by atoms with E-state index in [0.29, 0.717) is 0 Å². The number of hydrogen-bond donors (Lipinski definition) is 12. The Kier molecular flexibility index (Phi) is 20.2. The molecule has 0 aromatic heterocycles. The van der Waals surface area contributed by atoms with Gasteiger partial charge < -0.3 is 101 Å². The summed E-state index contributed by atoms with van der Waals surface area (Å²) in [6, 6.07) is -5.40. The van der Waals surface area contributed by atoms with Crippen LogP contribution in [0.1, 0.15) is 102 Å². The van der Waals surface area contributed by atoms with E-state index in [1.165, 1.54) is 0 Å². The molecule has 13 N–H and O–H groups in total. The molecule has 3 rings (SSSR count). The number of carbonyl (C=O) groups excluding carboxylic acids is 5. The molecule has 0 aromatic carbocycles. The maximum Gasteiger partial charge on any atom is 0.408 e. The number of ether oxygens (including phenoxy) is 8. The standard InChI is InChI=1S/C42H76N6O19/c1-39(2,3)64-35(56)44-14-13-22(50)32(55)46-19-15-20(47-37(58)66-41(7,8)9)31(29(54)30(19)63-34-28(53)26(43)27(52)25(18-49)61-34)62-33-21(48-38(59)67-42(10,11)12)16-23(51)24(60-33)17-45-36(57)65-40(4,5)6/h19-31,33-34,49-54H,13-18,43H2,1-12H3,(H,44,56)(H,45,57)(H,46,55)(H,47,58)(H,48,59)/t19?,20?,21?,22-,23?,24?,25?,26?,27?,28?,29?,30?,31?,33?,34?/m0/s1. The first-order valence-corrected chi connectivity index (χ1v) is 22.3. The number of alkyl carbamates (subject to hydrolysis) is 4. The van der Waals surface area contributed by atoms with Gasteiger partial charge in [0.15, 0.2) is 12.6 Å². The highest BCUT2D eigenvalue weighted by atomic mass is 16.7. The molecule has 2 heterocycles. The van der Waals surface area contributed by atoms with Gasteiger partial charge >= 0.3 is 24.4 Å². The van der Waals surface area contributed by atoms with Gasteiger partial charge in [0.2, 0.25) is 5.91 Å². The van der Waals surface area contributed by atoms with Crippen LogP contribution in [0.4, 0.5) is 19.2 Å². The van der Waals surface area contributed by atoms with E-state index in [0.717, 1.165) is 0 Å². The lowest BCUT2D eigenvalue weighted by Crippen LogP contribution is -2.70. The first-order valence-electron chi connectivity index (χ1n) is 22.3. The average Bonchev–Trinajstić information content (AvgIpc) is 3.15. The number of aliphatic hydroxyl groups is 6. The van der Waals surface area contributed by atoms with Crippen LogP contribution in [-0.4, -0.2) is 195 Å². The van der Waals surface area contributed by atoms with Crippen molar-refractivity contribution in [2.45, 2.75) is 216 Å². The Bertz CT molecular complexity index is 1650. The van der Waals surface area contributed by atoms with Crippen LogP contribution < -0.4 is 32.3 Å². The van der Waals surface area contributed by atoms with E-state index in [4.69, 9.17) is 43.6 Å². The highest BCUT2D eigenvalue weighted by Gasteiger charge is 2.53. The van der Waals surface area contributed by atoms with E-state index in [1.807, 2.05) is 0 Å². The Hall–Kier alpha value is -3.89. The topological polar surface area (TPSA) is 367 Å². The lowest BCUT2D eigenvalue weighted by molar-refractivity contribution is -0.317. The summed E-state index contributed by atoms with van der Waals surface area (Å²) in [4.78, 5) is 65.1. The summed E-state index contributed by atoms with van der Waals surface area (Å²) < 4.78 is 45.9. The molecule has 1 aliphatic carbocycles. The van der Waals surface area contributed by atoms with Crippen molar-refractivity contribution in [3.8, 4) is 0 Å². The summed E-state index contributed by atoms with van der Waals surface area (Å²) in [5.41, 5.74) is 2.37. The molecule has 5 amide bonds. The number of carbonyl (C=O) groups is 5. The van der Waals surface area contributed by atoms with Crippen molar-refractivity contribution in [3.63, 3.8) is 0 Å². The van der Waals surface area contributed by atoms with Gasteiger partial charge in [-0.3, -0.25) is 4.79 Å². The SMILES string of the molecule is CC(C)(C)OC(=O)NCC[C@H](O)C(=O)NC1CC(NC(=O)OC(C)(C)C)C(OC2OC(CNC(=O)OC(C)(C)C)C(O)CC2NC(=O)OC(C)(C)C)C(O)C1OC1OC(CO)C(O)C(N)C1O. The minimum atomic E-state index is -1.98. The molecule has 0 bridgehead atoms. The fraction of sp³-hybridized carbons (Fsp3) is 0.881. The van der Waals surface area contributed by atoms with Crippen molar-refractivity contribution in [1.82, 2.24) is 26.6 Å². The molecule has 3 fully saturated rings. The first kappa shape index (κ1) is 57.4. The Morgan fingerprint density at radius 3 is 1.55 bits per heavy atom. The molecule has 1 saturated carbocycles. The molecule has 2 aliphatic heterocycles. The summed E-state index contributed by atoms with van der Waals surface area (Å²) in [6.45, 7) is 18.3. The smallest absolute Gasteiger partial charge is 0.408 e. The highest BCUT2D eigenvalue weighted by molar-refractivity contribution is 5.81. The van der Waals surface area contributed by atoms with Crippen LogP contribution in [0.5, 0.6) is 0 Å². The van der Waals surface area contributed by atoms with Crippen molar-refractivity contribution in [1.29, 1.82) is 0 Å². The Morgan fingerprint density at radius 2 is 1.04 bits per heavy atom. The Balaban J connectivity index is 2.07. The van der Waals surface area contributed by atoms with Crippen LogP contribution in [0.25, 0.3) is 0 Å². The third-order valence-corrected chi connectivity index (χ3v) is 10.0. The van der Waals surface area contributed by atoms with Crippen molar-refractivity contribution in [3.05, 3.63) is 0 Å². The zero-order valence-corrected chi connectivity index (χ0v) is 40.5. The van der Waals surface area contributed by atoms with E-state index in [9.17, 15) is 54.6 Å². The molecular weight excluding hydrogens is 892 g/mol. The van der Waals surface area contributed by atoms with E-state index in [-0.39, 0.29) is 32.4 Å². The molecular formula is C42H76N6O19. The summed E-state index contributed by atoms with van der Waals surface area (Å²) in [5, 5.41) is 78.9. The largest absolute Gasteiger partial charge is 0.444 e. The van der Waals surface area contributed by atoms with Crippen LogP contribution in [0.2, 0.25) is 0 Å². The molecule has 2 saturated heterocycles. The Labute approximate surface area is 390 Å². The number of rotatable bonds is 14. The molecule has 0 spiro atoms. The van der Waals surface area contributed by atoms with Crippen LogP contribution in [-0.2, 0) is 42.7 Å². The fourth-order valence-electron chi connectivity index (χ4n) is 7.15. The van der Waals surface area contributed by atoms with E-state index >= 15 is 0 Å². The maximum absolute atomic E-state index is 13.6. The van der Waals surface area contributed by atoms with Crippen LogP contribution in [0.3, 0.4) is 0 Å². The molecule has 388 valence electrons. The van der Waals surface area contributed by atoms with Crippen molar-refractivity contribution < 1.29 is 92.5 Å². The van der Waals surface area contributed by atoms with Crippen LogP contribution in [0, 0.1) is 0 Å². The lowest BCUT2D eigenvalue weighted by Gasteiger charge is -2.49. The zero-order chi connectivity index (χ0) is 51.0. The van der Waals surface area contributed by atoms with E-state index in [1.54, 1.807) is 83.1 Å². The van der Waals surface area contributed by atoms with E-state index in [2.05, 4.69) is 26.6 Å². The lowest BCUT2D eigenvalue weighted by atomic mass is 9.83. The molecule has 14 unspecified atom stereocenters. The molecule has 0 aromatic rings. The number of nitrogens with one attached hydrogen (secondary N) is 5. The van der Waals surface area contributed by atoms with Gasteiger partial charge in [-0.2, -0.15) is 0 Å². The molecule has 0 radical (unpaired) electrons. The summed E-state index contributed by atoms with van der Waals surface area (Å²) in [7, 11) is 0. The number of hydrogen-bond acceptors (Lipinski definition) is 20. The molecule has 25 heteroatoms. The summed E-state index contributed by atoms with van der Waals surface area (Å²) >= 11 is 0. The quantitative estimate of drug-likeness (QED) is 0.0913. The van der Waals surface area contributed by atoms with Gasteiger partial charge in [-0.1, -0.05) is 0 Å². The second-order valence-electron chi connectivity index (χ2n) is 20.8. The summed E-state index contributed by atoms with van der Waals surface area (Å²) in [5.74, 6) is -1.02. The van der Waals surface area contributed by atoms with Gasteiger partial charge in [0.05, 0.1) is 36.9 Å². The third-order valence-electron chi connectivity index (χ3n) is 10.0. The predicted octanol–water partition coefficient (Wildman–Crippen LogP) is -1.16. The van der Waals surface area contributed by atoms with E-state index < -0.39 is 151 Å². The minimum Gasteiger partial charge on any atom is -0.444 e. The highest BCUT2D eigenvalue weighted by Crippen LogP contribution is 2.33. The third kappa shape index (κ3) is 18.9. The van der Waals surface area contributed by atoms with Crippen LogP contribution in [0.15, 0.2) is 0 Å². The second-order valence-corrected chi connectivity index (χ2v) is 20.8. The van der Waals surface area contributed by atoms with Gasteiger partial charge in [-0.15, -0.1) is 0 Å². The number of amides is 5. The van der Waals surface area contributed by atoms with Gasteiger partial charge in [-0.25, -0.2) is 19.2 Å². The molecule has 3 aliphatic rings. The normalized spacial score (nSPS) is 32.2. The average molecular weight is 969 g/mol. The van der Waals surface area contributed by atoms with Crippen LogP contribution >= 0.6 is 0 Å².